The first-order valence-corrected chi connectivity index (χ1v) is 7.46. The Bertz CT molecular complexity index is 343. The fourth-order valence-corrected chi connectivity index (χ4v) is 2.46. The predicted molar refractivity (Wildman–Crippen MR) is 69.2 cm³/mol. The molecule has 0 aliphatic carbocycles. The Morgan fingerprint density at radius 3 is 2.44 bits per heavy atom. The lowest BCUT2D eigenvalue weighted by molar-refractivity contribution is 0.121. The number of hydrogen-bond donors (Lipinski definition) is 2. The van der Waals surface area contributed by atoms with Crippen molar-refractivity contribution >= 4 is 16.3 Å². The minimum Gasteiger partial charge on any atom is -0.446 e. The summed E-state index contributed by atoms with van der Waals surface area (Å²) in [5, 5.41) is 0. The molecule has 18 heavy (non-hydrogen) atoms. The van der Waals surface area contributed by atoms with Crippen LogP contribution in [-0.2, 0) is 14.9 Å². The molecule has 0 radical (unpaired) electrons. The Labute approximate surface area is 109 Å². The molecule has 0 fully saturated rings. The van der Waals surface area contributed by atoms with Crippen LogP contribution < -0.4 is 10.5 Å². The van der Waals surface area contributed by atoms with Crippen molar-refractivity contribution in [2.45, 2.75) is 39.7 Å². The van der Waals surface area contributed by atoms with Gasteiger partial charge >= 0.3 is 16.3 Å². The largest absolute Gasteiger partial charge is 0.446 e. The van der Waals surface area contributed by atoms with Crippen LogP contribution in [0.5, 0.6) is 0 Å². The quantitative estimate of drug-likeness (QED) is 0.671. The molecule has 0 aromatic rings. The molecule has 0 atom stereocenters. The first kappa shape index (κ1) is 17.1. The van der Waals surface area contributed by atoms with Crippen LogP contribution in [-0.4, -0.2) is 44.6 Å². The van der Waals surface area contributed by atoms with Crippen LogP contribution in [0.25, 0.3) is 0 Å². The first-order chi connectivity index (χ1) is 8.33. The molecule has 0 bridgehead atoms. The summed E-state index contributed by atoms with van der Waals surface area (Å²) in [6, 6.07) is 0. The molecule has 0 aromatic carbocycles. The summed E-state index contributed by atoms with van der Waals surface area (Å²) >= 11 is 0. The first-order valence-electron chi connectivity index (χ1n) is 6.02. The summed E-state index contributed by atoms with van der Waals surface area (Å²) < 4.78 is 31.6. The maximum atomic E-state index is 11.9. The number of nitrogens with two attached hydrogens (primary N) is 1. The van der Waals surface area contributed by atoms with E-state index >= 15 is 0 Å². The summed E-state index contributed by atoms with van der Waals surface area (Å²) in [6.45, 7) is 6.16. The van der Waals surface area contributed by atoms with E-state index in [4.69, 9.17) is 10.5 Å². The van der Waals surface area contributed by atoms with Gasteiger partial charge in [0.1, 0.15) is 0 Å². The molecule has 8 heteroatoms. The van der Waals surface area contributed by atoms with E-state index in [0.29, 0.717) is 25.9 Å². The van der Waals surface area contributed by atoms with Crippen LogP contribution in [0.4, 0.5) is 4.79 Å². The molecule has 0 saturated carbocycles. The lowest BCUT2D eigenvalue weighted by Gasteiger charge is -2.21. The van der Waals surface area contributed by atoms with Gasteiger partial charge in [0.25, 0.3) is 0 Å². The number of nitrogens with one attached hydrogen (secondary N) is 1. The molecule has 0 heterocycles. The average Bonchev–Trinajstić information content (AvgIpc) is 2.21. The predicted octanol–water partition coefficient (Wildman–Crippen LogP) is 0.427. The average molecular weight is 281 g/mol. The normalized spacial score (nSPS) is 11.9. The van der Waals surface area contributed by atoms with Crippen molar-refractivity contribution in [3.63, 3.8) is 0 Å². The minimum atomic E-state index is -3.85. The second kappa shape index (κ2) is 8.28. The Morgan fingerprint density at radius 1 is 1.39 bits per heavy atom. The number of hydrogen-bond acceptors (Lipinski definition) is 5. The molecule has 0 aliphatic heterocycles. The highest BCUT2D eigenvalue weighted by atomic mass is 32.2. The topological polar surface area (TPSA) is 102 Å². The van der Waals surface area contributed by atoms with Crippen molar-refractivity contribution in [2.75, 3.05) is 19.6 Å². The summed E-state index contributed by atoms with van der Waals surface area (Å²) in [6.07, 6.45) is -0.132. The fourth-order valence-electron chi connectivity index (χ4n) is 1.28. The molecule has 1 amide bonds. The van der Waals surface area contributed by atoms with Crippen LogP contribution in [0, 0.1) is 0 Å². The van der Waals surface area contributed by atoms with E-state index in [9.17, 15) is 13.2 Å². The van der Waals surface area contributed by atoms with Crippen LogP contribution in [0.2, 0.25) is 0 Å². The van der Waals surface area contributed by atoms with E-state index in [1.54, 1.807) is 13.8 Å². The zero-order chi connectivity index (χ0) is 14.2. The molecule has 108 valence electrons. The molecule has 0 aliphatic rings. The van der Waals surface area contributed by atoms with Crippen LogP contribution in [0.3, 0.4) is 0 Å². The third-order valence-electron chi connectivity index (χ3n) is 1.98. The number of amides is 1. The number of carbonyl (C=O) groups excluding carboxylic acids is 1. The molecule has 0 saturated heterocycles. The van der Waals surface area contributed by atoms with Crippen molar-refractivity contribution in [1.82, 2.24) is 9.03 Å². The Morgan fingerprint density at radius 2 is 2.00 bits per heavy atom. The van der Waals surface area contributed by atoms with Gasteiger partial charge in [0.2, 0.25) is 0 Å². The molecule has 0 aromatic heterocycles. The number of rotatable bonds is 8. The number of carbonyl (C=O) groups is 1. The van der Waals surface area contributed by atoms with Gasteiger partial charge in [-0.3, -0.25) is 0 Å². The van der Waals surface area contributed by atoms with Gasteiger partial charge in [0.15, 0.2) is 0 Å². The fraction of sp³-hybridized carbons (Fsp3) is 0.900. The third kappa shape index (κ3) is 6.77. The van der Waals surface area contributed by atoms with E-state index in [0.717, 1.165) is 0 Å². The van der Waals surface area contributed by atoms with E-state index < -0.39 is 16.3 Å². The summed E-state index contributed by atoms with van der Waals surface area (Å²) in [7, 11) is -3.85. The van der Waals surface area contributed by atoms with Crippen LogP contribution >= 0.6 is 0 Å². The van der Waals surface area contributed by atoms with Gasteiger partial charge in [0, 0.05) is 13.1 Å². The zero-order valence-electron chi connectivity index (χ0n) is 11.2. The number of nitrogens with zero attached hydrogens (tertiary/aromatic N) is 1. The Kier molecular flexibility index (Phi) is 7.88. The summed E-state index contributed by atoms with van der Waals surface area (Å²) in [5.74, 6) is 0. The van der Waals surface area contributed by atoms with Gasteiger partial charge < -0.3 is 10.5 Å². The molecule has 7 nitrogen and oxygen atoms in total. The van der Waals surface area contributed by atoms with Gasteiger partial charge in [-0.05, 0) is 33.2 Å². The second-order valence-electron chi connectivity index (χ2n) is 4.10. The van der Waals surface area contributed by atoms with Crippen molar-refractivity contribution in [2.24, 2.45) is 5.73 Å². The highest BCUT2D eigenvalue weighted by molar-refractivity contribution is 7.87. The van der Waals surface area contributed by atoms with Crippen molar-refractivity contribution in [1.29, 1.82) is 0 Å². The molecular formula is C10H23N3O4S. The minimum absolute atomic E-state index is 0.286. The molecule has 0 unspecified atom stereocenters. The van der Waals surface area contributed by atoms with Gasteiger partial charge in [-0.25, -0.2) is 9.52 Å². The Balaban J connectivity index is 4.58. The maximum absolute atomic E-state index is 11.9. The van der Waals surface area contributed by atoms with Gasteiger partial charge in [-0.15, -0.1) is 0 Å². The van der Waals surface area contributed by atoms with Crippen molar-refractivity contribution in [3.8, 4) is 0 Å². The number of ether oxygens (including phenoxy) is 1. The highest BCUT2D eigenvalue weighted by Gasteiger charge is 2.24. The molecule has 3 N–H and O–H groups in total. The molecular weight excluding hydrogens is 258 g/mol. The van der Waals surface area contributed by atoms with E-state index in [2.05, 4.69) is 0 Å². The molecule has 0 spiro atoms. The van der Waals surface area contributed by atoms with E-state index in [1.165, 1.54) is 4.31 Å². The van der Waals surface area contributed by atoms with Crippen LogP contribution in [0.15, 0.2) is 0 Å². The zero-order valence-corrected chi connectivity index (χ0v) is 12.0. The van der Waals surface area contributed by atoms with Gasteiger partial charge in [-0.2, -0.15) is 12.7 Å². The standard InChI is InChI=1S/C10H23N3O4S/c1-4-7-13(8-5-6-11)18(15,16)12-10(14)17-9(2)3/h9H,4-8,11H2,1-3H3,(H,12,14). The SMILES string of the molecule is CCCN(CCCN)S(=O)(=O)NC(=O)OC(C)C. The van der Waals surface area contributed by atoms with E-state index in [-0.39, 0.29) is 12.6 Å². The Hall–Kier alpha value is -0.860. The van der Waals surface area contributed by atoms with E-state index in [1.807, 2.05) is 11.6 Å². The maximum Gasteiger partial charge on any atom is 0.422 e. The third-order valence-corrected chi connectivity index (χ3v) is 3.45. The van der Waals surface area contributed by atoms with Crippen molar-refractivity contribution in [3.05, 3.63) is 0 Å². The monoisotopic (exact) mass is 281 g/mol. The van der Waals surface area contributed by atoms with Crippen LogP contribution in [0.1, 0.15) is 33.6 Å². The molecule has 0 rings (SSSR count). The van der Waals surface area contributed by atoms with Gasteiger partial charge in [0.05, 0.1) is 6.10 Å². The summed E-state index contributed by atoms with van der Waals surface area (Å²) in [5.41, 5.74) is 5.35. The lowest BCUT2D eigenvalue weighted by atomic mass is 10.4. The summed E-state index contributed by atoms with van der Waals surface area (Å²) in [4.78, 5) is 11.3. The highest BCUT2D eigenvalue weighted by Crippen LogP contribution is 2.02. The van der Waals surface area contributed by atoms with Gasteiger partial charge in [-0.1, -0.05) is 6.92 Å². The smallest absolute Gasteiger partial charge is 0.422 e. The lowest BCUT2D eigenvalue weighted by Crippen LogP contribution is -2.45. The van der Waals surface area contributed by atoms with Crippen molar-refractivity contribution < 1.29 is 17.9 Å². The second-order valence-corrected chi connectivity index (χ2v) is 5.77.